The molecule has 0 unspecified atom stereocenters. The number of carbonyl (C=O) groups excluding carboxylic acids is 2. The lowest BCUT2D eigenvalue weighted by atomic mass is 9.95. The fourth-order valence-corrected chi connectivity index (χ4v) is 1.95. The van der Waals surface area contributed by atoms with Gasteiger partial charge in [0.1, 0.15) is 5.82 Å². The lowest BCUT2D eigenvalue weighted by Gasteiger charge is -2.18. The Morgan fingerprint density at radius 1 is 0.920 bits per heavy atom. The minimum absolute atomic E-state index is 0.0458. The molecule has 0 fully saturated rings. The maximum Gasteiger partial charge on any atom is 0.243 e. The van der Waals surface area contributed by atoms with Crippen LogP contribution in [0.25, 0.3) is 0 Å². The Morgan fingerprint density at radius 3 is 2.12 bits per heavy atom. The molecule has 3 N–H and O–H groups in total. The van der Waals surface area contributed by atoms with Gasteiger partial charge in [0, 0.05) is 22.5 Å². The van der Waals surface area contributed by atoms with E-state index in [-0.39, 0.29) is 24.2 Å². The normalized spacial score (nSPS) is 10.9. The molecule has 0 atom stereocenters. The number of halogens is 1. The van der Waals surface area contributed by atoms with E-state index < -0.39 is 5.41 Å². The van der Waals surface area contributed by atoms with Gasteiger partial charge in [0.25, 0.3) is 0 Å². The fraction of sp³-hybridized carbons (Fsp3) is 0.263. The van der Waals surface area contributed by atoms with Gasteiger partial charge in [-0.3, -0.25) is 9.59 Å². The van der Waals surface area contributed by atoms with Gasteiger partial charge in [-0.15, -0.1) is 0 Å². The summed E-state index contributed by atoms with van der Waals surface area (Å²) in [7, 11) is 0. The summed E-state index contributed by atoms with van der Waals surface area (Å²) in [5, 5.41) is 8.48. The number of carbonyl (C=O) groups is 2. The predicted octanol–water partition coefficient (Wildman–Crippen LogP) is 3.86. The van der Waals surface area contributed by atoms with Crippen LogP contribution in [0.4, 0.5) is 21.5 Å². The van der Waals surface area contributed by atoms with E-state index in [0.717, 1.165) is 0 Å². The summed E-state index contributed by atoms with van der Waals surface area (Å²) in [6, 6.07) is 12.7. The third kappa shape index (κ3) is 5.91. The molecule has 0 aliphatic carbocycles. The monoisotopic (exact) mass is 343 g/mol. The van der Waals surface area contributed by atoms with Gasteiger partial charge in [0.15, 0.2) is 0 Å². The van der Waals surface area contributed by atoms with Crippen molar-refractivity contribution in [3.05, 3.63) is 54.3 Å². The minimum Gasteiger partial charge on any atom is -0.376 e. The molecular weight excluding hydrogens is 321 g/mol. The number of amides is 2. The molecule has 0 saturated heterocycles. The number of benzene rings is 2. The Kier molecular flexibility index (Phi) is 5.75. The Hall–Kier alpha value is -2.89. The summed E-state index contributed by atoms with van der Waals surface area (Å²) in [5.74, 6) is -0.679. The van der Waals surface area contributed by atoms with Crippen molar-refractivity contribution in [3.63, 3.8) is 0 Å². The second-order valence-electron chi connectivity index (χ2n) is 6.69. The van der Waals surface area contributed by atoms with Crippen LogP contribution in [0.3, 0.4) is 0 Å². The van der Waals surface area contributed by atoms with Gasteiger partial charge >= 0.3 is 0 Å². The van der Waals surface area contributed by atoms with Crippen LogP contribution >= 0.6 is 0 Å². The molecule has 0 saturated carbocycles. The molecule has 2 aromatic rings. The zero-order valence-electron chi connectivity index (χ0n) is 14.5. The molecule has 0 spiro atoms. The summed E-state index contributed by atoms with van der Waals surface area (Å²) < 4.78 is 12.8. The van der Waals surface area contributed by atoms with E-state index in [2.05, 4.69) is 16.0 Å². The Labute approximate surface area is 146 Å². The summed E-state index contributed by atoms with van der Waals surface area (Å²) in [6.07, 6.45) is 0. The van der Waals surface area contributed by atoms with Crippen LogP contribution in [0.1, 0.15) is 20.8 Å². The van der Waals surface area contributed by atoms with E-state index in [9.17, 15) is 14.0 Å². The summed E-state index contributed by atoms with van der Waals surface area (Å²) >= 11 is 0. The third-order valence-corrected chi connectivity index (χ3v) is 3.38. The molecule has 0 bridgehead atoms. The van der Waals surface area contributed by atoms with Gasteiger partial charge in [-0.25, -0.2) is 4.39 Å². The van der Waals surface area contributed by atoms with Crippen molar-refractivity contribution in [1.29, 1.82) is 0 Å². The zero-order valence-corrected chi connectivity index (χ0v) is 14.5. The second-order valence-corrected chi connectivity index (χ2v) is 6.69. The van der Waals surface area contributed by atoms with Crippen LogP contribution in [-0.2, 0) is 9.59 Å². The molecule has 2 aromatic carbocycles. The Balaban J connectivity index is 1.91. The number of hydrogen-bond acceptors (Lipinski definition) is 3. The lowest BCUT2D eigenvalue weighted by Crippen LogP contribution is -2.27. The smallest absolute Gasteiger partial charge is 0.243 e. The molecule has 0 aliphatic heterocycles. The molecule has 0 aliphatic rings. The van der Waals surface area contributed by atoms with E-state index >= 15 is 0 Å². The highest BCUT2D eigenvalue weighted by Crippen LogP contribution is 2.20. The highest BCUT2D eigenvalue weighted by atomic mass is 19.1. The van der Waals surface area contributed by atoms with E-state index in [1.165, 1.54) is 12.1 Å². The maximum absolute atomic E-state index is 12.8. The van der Waals surface area contributed by atoms with Crippen LogP contribution in [0.2, 0.25) is 0 Å². The molecular formula is C19H22FN3O2. The number of anilines is 3. The van der Waals surface area contributed by atoms with Crippen molar-refractivity contribution in [3.8, 4) is 0 Å². The fourth-order valence-electron chi connectivity index (χ4n) is 1.95. The highest BCUT2D eigenvalue weighted by molar-refractivity contribution is 5.97. The van der Waals surface area contributed by atoms with Gasteiger partial charge in [-0.2, -0.15) is 0 Å². The summed E-state index contributed by atoms with van der Waals surface area (Å²) in [5.41, 5.74) is 1.35. The first kappa shape index (κ1) is 18.4. The van der Waals surface area contributed by atoms with Crippen LogP contribution < -0.4 is 16.0 Å². The van der Waals surface area contributed by atoms with Gasteiger partial charge < -0.3 is 16.0 Å². The van der Waals surface area contributed by atoms with E-state index in [0.29, 0.717) is 17.1 Å². The molecule has 132 valence electrons. The standard InChI is InChI=1S/C19H22FN3O2/c1-19(2,3)18(25)23-16-6-4-5-15(11-16)22-17(24)12-21-14-9-7-13(20)8-10-14/h4-11,21H,12H2,1-3H3,(H,22,24)(H,23,25). The molecule has 0 aromatic heterocycles. The average Bonchev–Trinajstić information content (AvgIpc) is 2.54. The van der Waals surface area contributed by atoms with Crippen molar-refractivity contribution in [2.75, 3.05) is 22.5 Å². The van der Waals surface area contributed by atoms with Crippen LogP contribution in [0.15, 0.2) is 48.5 Å². The van der Waals surface area contributed by atoms with Crippen molar-refractivity contribution in [2.45, 2.75) is 20.8 Å². The highest BCUT2D eigenvalue weighted by Gasteiger charge is 2.21. The van der Waals surface area contributed by atoms with Crippen molar-refractivity contribution in [1.82, 2.24) is 0 Å². The number of hydrogen-bond donors (Lipinski definition) is 3. The van der Waals surface area contributed by atoms with Gasteiger partial charge in [-0.05, 0) is 42.5 Å². The first-order valence-electron chi connectivity index (χ1n) is 7.95. The molecule has 5 nitrogen and oxygen atoms in total. The Bertz CT molecular complexity index is 752. The van der Waals surface area contributed by atoms with Crippen molar-refractivity contribution in [2.24, 2.45) is 5.41 Å². The largest absolute Gasteiger partial charge is 0.376 e. The van der Waals surface area contributed by atoms with Crippen LogP contribution in [-0.4, -0.2) is 18.4 Å². The minimum atomic E-state index is -0.502. The van der Waals surface area contributed by atoms with Crippen molar-refractivity contribution < 1.29 is 14.0 Å². The SMILES string of the molecule is CC(C)(C)C(=O)Nc1cccc(NC(=O)CNc2ccc(F)cc2)c1. The summed E-state index contributed by atoms with van der Waals surface area (Å²) in [4.78, 5) is 24.0. The molecule has 2 amide bonds. The first-order valence-corrected chi connectivity index (χ1v) is 7.95. The van der Waals surface area contributed by atoms with Gasteiger partial charge in [0.05, 0.1) is 6.54 Å². The quantitative estimate of drug-likeness (QED) is 0.772. The maximum atomic E-state index is 12.8. The number of nitrogens with one attached hydrogen (secondary N) is 3. The molecule has 25 heavy (non-hydrogen) atoms. The molecule has 0 heterocycles. The molecule has 2 rings (SSSR count). The summed E-state index contributed by atoms with van der Waals surface area (Å²) in [6.45, 7) is 5.53. The van der Waals surface area contributed by atoms with Gasteiger partial charge in [-0.1, -0.05) is 26.8 Å². The molecule has 0 radical (unpaired) electrons. The average molecular weight is 343 g/mol. The van der Waals surface area contributed by atoms with Crippen molar-refractivity contribution >= 4 is 28.9 Å². The van der Waals surface area contributed by atoms with Crippen LogP contribution in [0.5, 0.6) is 0 Å². The van der Waals surface area contributed by atoms with E-state index in [1.807, 2.05) is 20.8 Å². The number of rotatable bonds is 5. The van der Waals surface area contributed by atoms with Gasteiger partial charge in [0.2, 0.25) is 11.8 Å². The van der Waals surface area contributed by atoms with E-state index in [4.69, 9.17) is 0 Å². The molecule has 6 heteroatoms. The predicted molar refractivity (Wildman–Crippen MR) is 98.0 cm³/mol. The third-order valence-electron chi connectivity index (χ3n) is 3.38. The Morgan fingerprint density at radius 2 is 1.52 bits per heavy atom. The van der Waals surface area contributed by atoms with E-state index in [1.54, 1.807) is 36.4 Å². The zero-order chi connectivity index (χ0) is 18.4. The van der Waals surface area contributed by atoms with Crippen LogP contribution in [0, 0.1) is 11.2 Å². The lowest BCUT2D eigenvalue weighted by molar-refractivity contribution is -0.123. The topological polar surface area (TPSA) is 70.2 Å². The first-order chi connectivity index (χ1) is 11.7. The second kappa shape index (κ2) is 7.79.